The molecule has 2 aromatic rings. The van der Waals surface area contributed by atoms with Crippen molar-refractivity contribution in [1.29, 1.82) is 0 Å². The van der Waals surface area contributed by atoms with Crippen LogP contribution in [-0.2, 0) is 21.2 Å². The van der Waals surface area contributed by atoms with Gasteiger partial charge in [0, 0.05) is 38.2 Å². The molecule has 1 fully saturated rings. The highest BCUT2D eigenvalue weighted by Crippen LogP contribution is 2.33. The molecule has 0 bridgehead atoms. The topological polar surface area (TPSA) is 92.7 Å². The summed E-state index contributed by atoms with van der Waals surface area (Å²) in [6.07, 6.45) is 3.54. The number of nitrogens with zero attached hydrogens (tertiary/aromatic N) is 4. The predicted octanol–water partition coefficient (Wildman–Crippen LogP) is 1.74. The molecule has 10 heteroatoms. The van der Waals surface area contributed by atoms with E-state index in [1.54, 1.807) is 23.1 Å². The van der Waals surface area contributed by atoms with E-state index in [1.165, 1.54) is 23.6 Å². The molecule has 0 atom stereocenters. The van der Waals surface area contributed by atoms with E-state index in [0.29, 0.717) is 38.5 Å². The highest BCUT2D eigenvalue weighted by Gasteiger charge is 2.37. The first-order chi connectivity index (χ1) is 13.3. The van der Waals surface area contributed by atoms with Gasteiger partial charge in [-0.15, -0.1) is 0 Å². The van der Waals surface area contributed by atoms with Gasteiger partial charge in [0.15, 0.2) is 5.15 Å². The van der Waals surface area contributed by atoms with Crippen molar-refractivity contribution in [3.8, 4) is 5.88 Å². The Bertz CT molecular complexity index is 1020. The number of sulfonamides is 1. The number of amides is 1. The normalized spacial score (nSPS) is 17.3. The van der Waals surface area contributed by atoms with Crippen LogP contribution in [0.25, 0.3) is 0 Å². The van der Waals surface area contributed by atoms with E-state index in [2.05, 4.69) is 9.97 Å². The van der Waals surface area contributed by atoms with E-state index >= 15 is 0 Å². The summed E-state index contributed by atoms with van der Waals surface area (Å²) < 4.78 is 32.7. The summed E-state index contributed by atoms with van der Waals surface area (Å²) in [4.78, 5) is 21.5. The Morgan fingerprint density at radius 1 is 1.32 bits per heavy atom. The minimum absolute atomic E-state index is 0.0377. The Morgan fingerprint density at radius 2 is 2.11 bits per heavy atom. The van der Waals surface area contributed by atoms with Crippen LogP contribution >= 0.6 is 11.6 Å². The van der Waals surface area contributed by atoms with Crippen LogP contribution in [0.2, 0.25) is 5.15 Å². The number of carbonyl (C=O) groups is 1. The fraction of sp³-hybridized carbons (Fsp3) is 0.389. The minimum Gasteiger partial charge on any atom is -0.476 e. The van der Waals surface area contributed by atoms with Gasteiger partial charge in [-0.3, -0.25) is 9.78 Å². The highest BCUT2D eigenvalue weighted by molar-refractivity contribution is 7.89. The van der Waals surface area contributed by atoms with Gasteiger partial charge in [-0.05, 0) is 30.2 Å². The smallest absolute Gasteiger partial charge is 0.243 e. The lowest BCUT2D eigenvalue weighted by molar-refractivity contribution is -0.116. The summed E-state index contributed by atoms with van der Waals surface area (Å²) in [6.45, 7) is 3.21. The fourth-order valence-corrected chi connectivity index (χ4v) is 5.22. The molecule has 28 heavy (non-hydrogen) atoms. The zero-order valence-corrected chi connectivity index (χ0v) is 16.8. The van der Waals surface area contributed by atoms with Gasteiger partial charge in [0.2, 0.25) is 21.8 Å². The molecule has 2 aliphatic rings. The number of anilines is 1. The summed E-state index contributed by atoms with van der Waals surface area (Å²) in [5, 5.41) is 0.246. The average molecular weight is 423 g/mol. The third-order valence-corrected chi connectivity index (χ3v) is 6.95. The van der Waals surface area contributed by atoms with E-state index < -0.39 is 10.0 Å². The fourth-order valence-electron chi connectivity index (χ4n) is 3.44. The van der Waals surface area contributed by atoms with Gasteiger partial charge in [-0.1, -0.05) is 11.6 Å². The molecule has 4 rings (SSSR count). The van der Waals surface area contributed by atoms with Gasteiger partial charge < -0.3 is 9.64 Å². The molecule has 8 nitrogen and oxygen atoms in total. The maximum absolute atomic E-state index is 12.9. The van der Waals surface area contributed by atoms with Crippen LogP contribution in [0.3, 0.4) is 0 Å². The first-order valence-corrected chi connectivity index (χ1v) is 10.7. The Balaban J connectivity index is 1.38. The lowest BCUT2D eigenvalue weighted by atomic mass is 10.1. The molecular weight excluding hydrogens is 404 g/mol. The molecule has 0 N–H and O–H groups in total. The van der Waals surface area contributed by atoms with Crippen LogP contribution in [-0.4, -0.2) is 54.8 Å². The van der Waals surface area contributed by atoms with Crippen molar-refractivity contribution in [2.75, 3.05) is 31.1 Å². The average Bonchev–Trinajstić information content (AvgIpc) is 3.03. The van der Waals surface area contributed by atoms with Crippen molar-refractivity contribution >= 4 is 33.2 Å². The molecule has 0 spiro atoms. The third kappa shape index (κ3) is 3.57. The van der Waals surface area contributed by atoms with Gasteiger partial charge in [0.05, 0.1) is 23.9 Å². The second-order valence-electron chi connectivity index (χ2n) is 6.89. The molecule has 3 heterocycles. The van der Waals surface area contributed by atoms with Crippen molar-refractivity contribution in [2.24, 2.45) is 5.92 Å². The van der Waals surface area contributed by atoms with Gasteiger partial charge in [0.25, 0.3) is 0 Å². The third-order valence-electron chi connectivity index (χ3n) is 4.94. The molecular formula is C18H19ClN4O4S. The minimum atomic E-state index is -3.56. The molecule has 1 aromatic carbocycles. The van der Waals surface area contributed by atoms with Crippen LogP contribution < -0.4 is 9.64 Å². The molecule has 1 amide bonds. The number of aromatic nitrogens is 2. The standard InChI is InChI=1S/C18H19ClN4O4S/c1-12(24)23-5-4-14-6-15(2-3-16(14)23)28(25,26)22-9-13(10-22)11-27-18-8-20-7-17(19)21-18/h2-3,6-8,13H,4-5,9-11H2,1H3. The number of hydrogen-bond donors (Lipinski definition) is 0. The predicted molar refractivity (Wildman–Crippen MR) is 103 cm³/mol. The monoisotopic (exact) mass is 422 g/mol. The van der Waals surface area contributed by atoms with Crippen LogP contribution in [0.5, 0.6) is 5.88 Å². The molecule has 0 saturated carbocycles. The Labute approximate surface area is 168 Å². The van der Waals surface area contributed by atoms with Gasteiger partial charge in [-0.2, -0.15) is 9.29 Å². The van der Waals surface area contributed by atoms with Crippen molar-refractivity contribution in [3.05, 3.63) is 41.3 Å². The lowest BCUT2D eigenvalue weighted by Crippen LogP contribution is -2.51. The lowest BCUT2D eigenvalue weighted by Gasteiger charge is -2.37. The van der Waals surface area contributed by atoms with Crippen molar-refractivity contribution in [3.63, 3.8) is 0 Å². The number of benzene rings is 1. The number of halogens is 1. The number of rotatable bonds is 5. The van der Waals surface area contributed by atoms with Crippen molar-refractivity contribution in [2.45, 2.75) is 18.2 Å². The van der Waals surface area contributed by atoms with Gasteiger partial charge in [0.1, 0.15) is 0 Å². The second kappa shape index (κ2) is 7.31. The largest absolute Gasteiger partial charge is 0.476 e. The Morgan fingerprint density at radius 3 is 2.82 bits per heavy atom. The summed E-state index contributed by atoms with van der Waals surface area (Å²) >= 11 is 5.76. The quantitative estimate of drug-likeness (QED) is 0.728. The summed E-state index contributed by atoms with van der Waals surface area (Å²) in [5.74, 6) is 0.366. The summed E-state index contributed by atoms with van der Waals surface area (Å²) in [6, 6.07) is 4.97. The zero-order valence-electron chi connectivity index (χ0n) is 15.2. The zero-order chi connectivity index (χ0) is 19.9. The highest BCUT2D eigenvalue weighted by atomic mass is 35.5. The second-order valence-corrected chi connectivity index (χ2v) is 9.22. The van der Waals surface area contributed by atoms with E-state index in [0.717, 1.165) is 11.3 Å². The molecule has 148 valence electrons. The van der Waals surface area contributed by atoms with Crippen molar-refractivity contribution < 1.29 is 17.9 Å². The van der Waals surface area contributed by atoms with Crippen LogP contribution in [0.4, 0.5) is 5.69 Å². The molecule has 0 unspecified atom stereocenters. The Hall–Kier alpha value is -2.23. The van der Waals surface area contributed by atoms with E-state index in [4.69, 9.17) is 16.3 Å². The maximum Gasteiger partial charge on any atom is 0.243 e. The van der Waals surface area contributed by atoms with Crippen LogP contribution in [0, 0.1) is 5.92 Å². The van der Waals surface area contributed by atoms with Gasteiger partial charge >= 0.3 is 0 Å². The molecule has 0 aliphatic carbocycles. The molecule has 2 aliphatic heterocycles. The first-order valence-electron chi connectivity index (χ1n) is 8.86. The summed E-state index contributed by atoms with van der Waals surface area (Å²) in [7, 11) is -3.56. The van der Waals surface area contributed by atoms with E-state index in [1.807, 2.05) is 0 Å². The maximum atomic E-state index is 12.9. The van der Waals surface area contributed by atoms with Crippen LogP contribution in [0.15, 0.2) is 35.5 Å². The Kier molecular flexibility index (Phi) is 4.98. The molecule has 1 aromatic heterocycles. The van der Waals surface area contributed by atoms with E-state index in [-0.39, 0.29) is 21.9 Å². The van der Waals surface area contributed by atoms with E-state index in [9.17, 15) is 13.2 Å². The number of fused-ring (bicyclic) bond motifs is 1. The molecule has 1 saturated heterocycles. The molecule has 0 radical (unpaired) electrons. The number of carbonyl (C=O) groups excluding carboxylic acids is 1. The summed E-state index contributed by atoms with van der Waals surface area (Å²) in [5.41, 5.74) is 1.68. The van der Waals surface area contributed by atoms with Crippen molar-refractivity contribution in [1.82, 2.24) is 14.3 Å². The van der Waals surface area contributed by atoms with Crippen LogP contribution in [0.1, 0.15) is 12.5 Å². The van der Waals surface area contributed by atoms with Gasteiger partial charge in [-0.25, -0.2) is 8.42 Å². The first kappa shape index (κ1) is 19.1. The number of hydrogen-bond acceptors (Lipinski definition) is 6. The number of ether oxygens (including phenoxy) is 1. The SMILES string of the molecule is CC(=O)N1CCc2cc(S(=O)(=O)N3CC(COc4cncc(Cl)n4)C3)ccc21.